The number of esters is 1. The first kappa shape index (κ1) is 16.9. The first-order valence-electron chi connectivity index (χ1n) is 8.55. The maximum absolute atomic E-state index is 12.1. The van der Waals surface area contributed by atoms with Crippen LogP contribution in [0.1, 0.15) is 29.9 Å². The Kier molecular flexibility index (Phi) is 5.24. The third-order valence-corrected chi connectivity index (χ3v) is 4.10. The number of rotatable bonds is 5. The Labute approximate surface area is 148 Å². The molecule has 1 aromatic heterocycles. The summed E-state index contributed by atoms with van der Waals surface area (Å²) in [5.74, 6) is -0.396. The van der Waals surface area contributed by atoms with Crippen LogP contribution in [0.2, 0.25) is 0 Å². The summed E-state index contributed by atoms with van der Waals surface area (Å²) in [6.45, 7) is 4.27. The molecule has 0 atom stereocenters. The van der Waals surface area contributed by atoms with E-state index in [1.807, 2.05) is 36.4 Å². The number of ether oxygens (including phenoxy) is 1. The van der Waals surface area contributed by atoms with E-state index in [-0.39, 0.29) is 0 Å². The molecule has 0 fully saturated rings. The smallest absolute Gasteiger partial charge is 0.356 e. The van der Waals surface area contributed by atoms with Gasteiger partial charge < -0.3 is 4.74 Å². The minimum Gasteiger partial charge on any atom is -0.461 e. The third kappa shape index (κ3) is 3.77. The molecule has 0 amide bonds. The van der Waals surface area contributed by atoms with Crippen molar-refractivity contribution in [2.75, 3.05) is 6.61 Å². The van der Waals surface area contributed by atoms with Crippen molar-refractivity contribution in [1.82, 2.24) is 4.98 Å². The fourth-order valence-electron chi connectivity index (χ4n) is 2.75. The Morgan fingerprint density at radius 2 is 1.60 bits per heavy atom. The van der Waals surface area contributed by atoms with E-state index in [9.17, 15) is 4.79 Å². The van der Waals surface area contributed by atoms with Gasteiger partial charge in [-0.2, -0.15) is 0 Å². The summed E-state index contributed by atoms with van der Waals surface area (Å²) >= 11 is 0. The van der Waals surface area contributed by atoms with E-state index in [4.69, 9.17) is 4.74 Å². The van der Waals surface area contributed by atoms with Crippen molar-refractivity contribution in [2.24, 2.45) is 0 Å². The Morgan fingerprint density at radius 3 is 2.24 bits per heavy atom. The number of carbonyl (C=O) groups is 1. The topological polar surface area (TPSA) is 39.2 Å². The second-order valence-corrected chi connectivity index (χ2v) is 5.73. The third-order valence-electron chi connectivity index (χ3n) is 4.10. The number of nitrogens with zero attached hydrogens (tertiary/aromatic N) is 1. The van der Waals surface area contributed by atoms with Gasteiger partial charge >= 0.3 is 5.97 Å². The van der Waals surface area contributed by atoms with E-state index in [1.165, 1.54) is 5.56 Å². The maximum Gasteiger partial charge on any atom is 0.356 e. The van der Waals surface area contributed by atoms with Gasteiger partial charge in [-0.15, -0.1) is 0 Å². The van der Waals surface area contributed by atoms with Crippen LogP contribution in [0.5, 0.6) is 0 Å². The maximum atomic E-state index is 12.1. The van der Waals surface area contributed by atoms with Crippen molar-refractivity contribution in [3.05, 3.63) is 78.0 Å². The summed E-state index contributed by atoms with van der Waals surface area (Å²) < 4.78 is 5.09. The summed E-state index contributed by atoms with van der Waals surface area (Å²) in [6.07, 6.45) is 1.01. The summed E-state index contributed by atoms with van der Waals surface area (Å²) in [5, 5.41) is 0. The van der Waals surface area contributed by atoms with Crippen molar-refractivity contribution < 1.29 is 9.53 Å². The van der Waals surface area contributed by atoms with E-state index in [0.717, 1.165) is 28.8 Å². The minimum atomic E-state index is -0.396. The molecule has 25 heavy (non-hydrogen) atoms. The van der Waals surface area contributed by atoms with Crippen LogP contribution < -0.4 is 0 Å². The second-order valence-electron chi connectivity index (χ2n) is 5.73. The summed E-state index contributed by atoms with van der Waals surface area (Å²) in [4.78, 5) is 16.7. The van der Waals surface area contributed by atoms with Gasteiger partial charge in [0.1, 0.15) is 5.69 Å². The van der Waals surface area contributed by atoms with E-state index in [0.29, 0.717) is 12.3 Å². The van der Waals surface area contributed by atoms with Crippen molar-refractivity contribution in [3.8, 4) is 22.4 Å². The zero-order chi connectivity index (χ0) is 17.6. The lowest BCUT2D eigenvalue weighted by molar-refractivity contribution is 0.0519. The lowest BCUT2D eigenvalue weighted by Crippen LogP contribution is -2.08. The van der Waals surface area contributed by atoms with Gasteiger partial charge in [-0.3, -0.25) is 0 Å². The molecule has 0 spiro atoms. The highest BCUT2D eigenvalue weighted by Gasteiger charge is 2.15. The SMILES string of the molecule is CCOC(=O)c1ccc(-c2ccc(CC)cc2)c(-c2ccccc2)n1. The van der Waals surface area contributed by atoms with Gasteiger partial charge in [0.05, 0.1) is 12.3 Å². The van der Waals surface area contributed by atoms with E-state index in [1.54, 1.807) is 13.0 Å². The molecule has 2 aromatic carbocycles. The van der Waals surface area contributed by atoms with E-state index >= 15 is 0 Å². The molecular weight excluding hydrogens is 310 g/mol. The van der Waals surface area contributed by atoms with E-state index < -0.39 is 5.97 Å². The van der Waals surface area contributed by atoms with Crippen molar-refractivity contribution in [3.63, 3.8) is 0 Å². The Bertz CT molecular complexity index is 855. The molecule has 0 aliphatic heterocycles. The molecule has 3 rings (SSSR count). The first-order valence-corrected chi connectivity index (χ1v) is 8.55. The molecule has 3 heteroatoms. The molecule has 0 bridgehead atoms. The zero-order valence-electron chi connectivity index (χ0n) is 14.5. The molecule has 0 N–H and O–H groups in total. The minimum absolute atomic E-state index is 0.328. The van der Waals surface area contributed by atoms with Crippen LogP contribution in [0.15, 0.2) is 66.7 Å². The van der Waals surface area contributed by atoms with Gasteiger partial charge in [0.15, 0.2) is 0 Å². The largest absolute Gasteiger partial charge is 0.461 e. The molecule has 3 nitrogen and oxygen atoms in total. The number of carbonyl (C=O) groups excluding carboxylic acids is 1. The fourth-order valence-corrected chi connectivity index (χ4v) is 2.75. The normalized spacial score (nSPS) is 10.5. The fraction of sp³-hybridized carbons (Fsp3) is 0.182. The van der Waals surface area contributed by atoms with Crippen molar-refractivity contribution in [2.45, 2.75) is 20.3 Å². The number of pyridine rings is 1. The van der Waals surface area contributed by atoms with Crippen molar-refractivity contribution in [1.29, 1.82) is 0 Å². The Morgan fingerprint density at radius 1 is 0.880 bits per heavy atom. The molecule has 1 heterocycles. The predicted octanol–water partition coefficient (Wildman–Crippen LogP) is 5.15. The first-order chi connectivity index (χ1) is 12.2. The zero-order valence-corrected chi connectivity index (χ0v) is 14.5. The molecule has 0 unspecified atom stereocenters. The number of aromatic nitrogens is 1. The number of benzene rings is 2. The predicted molar refractivity (Wildman–Crippen MR) is 100 cm³/mol. The number of hydrogen-bond donors (Lipinski definition) is 0. The molecule has 0 aliphatic rings. The van der Waals surface area contributed by atoms with Gasteiger partial charge in [-0.25, -0.2) is 9.78 Å². The van der Waals surface area contributed by atoms with Gasteiger partial charge in [0, 0.05) is 11.1 Å². The highest BCUT2D eigenvalue weighted by atomic mass is 16.5. The molecule has 3 aromatic rings. The lowest BCUT2D eigenvalue weighted by atomic mass is 9.97. The van der Waals surface area contributed by atoms with Gasteiger partial charge in [0.2, 0.25) is 0 Å². The average molecular weight is 331 g/mol. The molecule has 0 saturated carbocycles. The molecule has 0 radical (unpaired) electrons. The lowest BCUT2D eigenvalue weighted by Gasteiger charge is -2.12. The highest BCUT2D eigenvalue weighted by molar-refractivity contribution is 5.90. The highest BCUT2D eigenvalue weighted by Crippen LogP contribution is 2.31. The van der Waals surface area contributed by atoms with E-state index in [2.05, 4.69) is 36.2 Å². The van der Waals surface area contributed by atoms with Crippen LogP contribution in [-0.2, 0) is 11.2 Å². The van der Waals surface area contributed by atoms with Crippen molar-refractivity contribution >= 4 is 5.97 Å². The molecule has 0 saturated heterocycles. The number of hydrogen-bond acceptors (Lipinski definition) is 3. The quantitative estimate of drug-likeness (QED) is 0.607. The van der Waals surface area contributed by atoms with Gasteiger partial charge in [-0.05, 0) is 36.6 Å². The summed E-state index contributed by atoms with van der Waals surface area (Å²) in [7, 11) is 0. The van der Waals surface area contributed by atoms with Crippen LogP contribution in [0.25, 0.3) is 22.4 Å². The second kappa shape index (κ2) is 7.75. The number of aryl methyl sites for hydroxylation is 1. The Balaban J connectivity index is 2.12. The average Bonchev–Trinajstić information content (AvgIpc) is 2.68. The monoisotopic (exact) mass is 331 g/mol. The van der Waals surface area contributed by atoms with Crippen LogP contribution in [-0.4, -0.2) is 17.6 Å². The van der Waals surface area contributed by atoms with Gasteiger partial charge in [-0.1, -0.05) is 61.5 Å². The molecular formula is C22H21NO2. The summed E-state index contributed by atoms with van der Waals surface area (Å²) in [6, 6.07) is 22.0. The standard InChI is InChI=1S/C22H21NO2/c1-3-16-10-12-17(13-11-16)19-14-15-20(22(24)25-4-2)23-21(19)18-8-6-5-7-9-18/h5-15H,3-4H2,1-2H3. The van der Waals surface area contributed by atoms with Crippen LogP contribution in [0.3, 0.4) is 0 Å². The Hall–Kier alpha value is -2.94. The molecule has 0 aliphatic carbocycles. The van der Waals surface area contributed by atoms with Crippen LogP contribution in [0, 0.1) is 0 Å². The summed E-state index contributed by atoms with van der Waals surface area (Å²) in [5.41, 5.74) is 5.47. The molecule has 126 valence electrons. The van der Waals surface area contributed by atoms with Gasteiger partial charge in [0.25, 0.3) is 0 Å². The van der Waals surface area contributed by atoms with Crippen LogP contribution in [0.4, 0.5) is 0 Å². The van der Waals surface area contributed by atoms with Crippen LogP contribution >= 0.6 is 0 Å².